The van der Waals surface area contributed by atoms with Gasteiger partial charge in [0.1, 0.15) is 0 Å². The fourth-order valence-corrected chi connectivity index (χ4v) is 2.89. The number of methoxy groups -OCH3 is 1. The molecule has 3 atom stereocenters. The maximum atomic E-state index is 12.4. The molecule has 2 aliphatic heterocycles. The summed E-state index contributed by atoms with van der Waals surface area (Å²) < 4.78 is 5.23. The molecule has 2 saturated heterocycles. The molecule has 1 amide bonds. The first kappa shape index (κ1) is 14.3. The highest BCUT2D eigenvalue weighted by Gasteiger charge is 2.41. The second-order valence-corrected chi connectivity index (χ2v) is 5.78. The van der Waals surface area contributed by atoms with Crippen molar-refractivity contribution in [2.24, 2.45) is 5.41 Å². The van der Waals surface area contributed by atoms with Gasteiger partial charge in [-0.2, -0.15) is 0 Å². The molecule has 0 radical (unpaired) electrons. The molecule has 6 heteroatoms. The van der Waals surface area contributed by atoms with Gasteiger partial charge in [0.05, 0.1) is 17.6 Å². The molecule has 0 aliphatic carbocycles. The van der Waals surface area contributed by atoms with Crippen molar-refractivity contribution in [1.29, 1.82) is 0 Å². The number of aliphatic carboxylic acids is 1. The number of carbonyl (C=O) groups excluding carboxylic acids is 1. The summed E-state index contributed by atoms with van der Waals surface area (Å²) in [5, 5.41) is 12.4. The Kier molecular flexibility index (Phi) is 4.10. The monoisotopic (exact) mass is 270 g/mol. The third kappa shape index (κ3) is 2.90. The number of amides is 1. The van der Waals surface area contributed by atoms with Gasteiger partial charge < -0.3 is 20.1 Å². The normalized spacial score (nSPS) is 35.4. The highest BCUT2D eigenvalue weighted by molar-refractivity contribution is 5.84. The summed E-state index contributed by atoms with van der Waals surface area (Å²) in [6, 6.07) is -0.235. The molecular formula is C13H22N2O4. The van der Waals surface area contributed by atoms with Crippen LogP contribution in [-0.2, 0) is 14.3 Å². The molecule has 3 unspecified atom stereocenters. The van der Waals surface area contributed by atoms with Gasteiger partial charge in [0.15, 0.2) is 0 Å². The summed E-state index contributed by atoms with van der Waals surface area (Å²) in [6.07, 6.45) is 2.11. The minimum absolute atomic E-state index is 0.00623. The van der Waals surface area contributed by atoms with Gasteiger partial charge in [-0.3, -0.25) is 9.59 Å². The van der Waals surface area contributed by atoms with Crippen molar-refractivity contribution in [2.75, 3.05) is 26.7 Å². The minimum atomic E-state index is -0.820. The number of nitrogens with zero attached hydrogens (tertiary/aromatic N) is 1. The van der Waals surface area contributed by atoms with Gasteiger partial charge in [-0.1, -0.05) is 0 Å². The maximum Gasteiger partial charge on any atom is 0.311 e. The van der Waals surface area contributed by atoms with Crippen molar-refractivity contribution in [3.63, 3.8) is 0 Å². The van der Waals surface area contributed by atoms with Crippen LogP contribution in [0.15, 0.2) is 0 Å². The fraction of sp³-hybridized carbons (Fsp3) is 0.846. The predicted molar refractivity (Wildman–Crippen MR) is 68.8 cm³/mol. The molecule has 108 valence electrons. The Balaban J connectivity index is 1.98. The molecule has 0 saturated carbocycles. The van der Waals surface area contributed by atoms with Crippen LogP contribution in [0.25, 0.3) is 0 Å². The Morgan fingerprint density at radius 1 is 1.47 bits per heavy atom. The van der Waals surface area contributed by atoms with Crippen LogP contribution in [0, 0.1) is 5.41 Å². The Bertz CT molecular complexity index is 374. The number of likely N-dealkylation sites (tertiary alicyclic amines) is 1. The van der Waals surface area contributed by atoms with Crippen molar-refractivity contribution >= 4 is 11.9 Å². The number of carbonyl (C=O) groups is 2. The second kappa shape index (κ2) is 5.46. The SMILES string of the molecule is COC1CNC(C(=O)N2CCCC(C)(C(=O)O)C2)C1. The lowest BCUT2D eigenvalue weighted by Gasteiger charge is -2.38. The molecule has 19 heavy (non-hydrogen) atoms. The Morgan fingerprint density at radius 3 is 2.79 bits per heavy atom. The van der Waals surface area contributed by atoms with Crippen LogP contribution in [0.3, 0.4) is 0 Å². The standard InChI is InChI=1S/C13H22N2O4/c1-13(12(17)18)4-3-5-15(8-13)11(16)10-6-9(19-2)7-14-10/h9-10,14H,3-8H2,1-2H3,(H,17,18). The van der Waals surface area contributed by atoms with Crippen molar-refractivity contribution in [1.82, 2.24) is 10.2 Å². The molecule has 2 fully saturated rings. The van der Waals surface area contributed by atoms with E-state index in [1.807, 2.05) is 0 Å². The van der Waals surface area contributed by atoms with E-state index in [4.69, 9.17) is 4.74 Å². The number of carboxylic acids is 1. The van der Waals surface area contributed by atoms with Crippen LogP contribution in [0.1, 0.15) is 26.2 Å². The Morgan fingerprint density at radius 2 is 2.21 bits per heavy atom. The van der Waals surface area contributed by atoms with Gasteiger partial charge in [-0.15, -0.1) is 0 Å². The lowest BCUT2D eigenvalue weighted by molar-refractivity contribution is -0.153. The van der Waals surface area contributed by atoms with Gasteiger partial charge in [-0.05, 0) is 26.2 Å². The average Bonchev–Trinajstić information content (AvgIpc) is 2.86. The first-order valence-corrected chi connectivity index (χ1v) is 6.74. The van der Waals surface area contributed by atoms with Crippen molar-refractivity contribution in [3.05, 3.63) is 0 Å². The molecule has 0 spiro atoms. The van der Waals surface area contributed by atoms with Crippen molar-refractivity contribution < 1.29 is 19.4 Å². The van der Waals surface area contributed by atoms with E-state index in [2.05, 4.69) is 5.32 Å². The predicted octanol–water partition coefficient (Wildman–Crippen LogP) is 0.0766. The molecule has 2 rings (SSSR count). The molecule has 2 heterocycles. The van der Waals surface area contributed by atoms with Crippen LogP contribution in [-0.4, -0.2) is 60.8 Å². The summed E-state index contributed by atoms with van der Waals surface area (Å²) in [6.45, 7) is 3.35. The lowest BCUT2D eigenvalue weighted by atomic mass is 9.82. The van der Waals surface area contributed by atoms with E-state index in [1.165, 1.54) is 0 Å². The van der Waals surface area contributed by atoms with E-state index in [0.29, 0.717) is 32.5 Å². The van der Waals surface area contributed by atoms with E-state index in [1.54, 1.807) is 18.9 Å². The van der Waals surface area contributed by atoms with Crippen LogP contribution in [0.5, 0.6) is 0 Å². The molecule has 0 aromatic heterocycles. The zero-order valence-electron chi connectivity index (χ0n) is 11.5. The summed E-state index contributed by atoms with van der Waals surface area (Å²) in [4.78, 5) is 25.4. The molecule has 6 nitrogen and oxygen atoms in total. The number of nitrogens with one attached hydrogen (secondary N) is 1. The van der Waals surface area contributed by atoms with E-state index in [0.717, 1.165) is 6.42 Å². The highest BCUT2D eigenvalue weighted by Crippen LogP contribution is 2.30. The number of rotatable bonds is 3. The zero-order chi connectivity index (χ0) is 14.0. The van der Waals surface area contributed by atoms with Gasteiger partial charge in [-0.25, -0.2) is 0 Å². The third-order valence-corrected chi connectivity index (χ3v) is 4.25. The Hall–Kier alpha value is -1.14. The molecule has 0 bridgehead atoms. The quantitative estimate of drug-likeness (QED) is 0.759. The van der Waals surface area contributed by atoms with E-state index >= 15 is 0 Å². The van der Waals surface area contributed by atoms with Crippen LogP contribution in [0.2, 0.25) is 0 Å². The minimum Gasteiger partial charge on any atom is -0.481 e. The molecule has 2 N–H and O–H groups in total. The van der Waals surface area contributed by atoms with E-state index in [9.17, 15) is 14.7 Å². The lowest BCUT2D eigenvalue weighted by Crippen LogP contribution is -2.52. The van der Waals surface area contributed by atoms with Crippen LogP contribution in [0.4, 0.5) is 0 Å². The van der Waals surface area contributed by atoms with Crippen molar-refractivity contribution in [2.45, 2.75) is 38.3 Å². The molecule has 2 aliphatic rings. The summed E-state index contributed by atoms with van der Waals surface area (Å²) in [5.74, 6) is -0.814. The van der Waals surface area contributed by atoms with E-state index < -0.39 is 11.4 Å². The number of ether oxygens (including phenoxy) is 1. The zero-order valence-corrected chi connectivity index (χ0v) is 11.5. The Labute approximate surface area is 113 Å². The van der Waals surface area contributed by atoms with E-state index in [-0.39, 0.29) is 18.1 Å². The molecule has 0 aromatic rings. The van der Waals surface area contributed by atoms with Gasteiger partial charge in [0.25, 0.3) is 0 Å². The summed E-state index contributed by atoms with van der Waals surface area (Å²) >= 11 is 0. The smallest absolute Gasteiger partial charge is 0.311 e. The first-order chi connectivity index (χ1) is 8.96. The molecular weight excluding hydrogens is 248 g/mol. The largest absolute Gasteiger partial charge is 0.481 e. The van der Waals surface area contributed by atoms with Crippen LogP contribution >= 0.6 is 0 Å². The third-order valence-electron chi connectivity index (χ3n) is 4.25. The maximum absolute atomic E-state index is 12.4. The highest BCUT2D eigenvalue weighted by atomic mass is 16.5. The average molecular weight is 270 g/mol. The van der Waals surface area contributed by atoms with Gasteiger partial charge >= 0.3 is 5.97 Å². The first-order valence-electron chi connectivity index (χ1n) is 6.74. The van der Waals surface area contributed by atoms with Gasteiger partial charge in [0.2, 0.25) is 5.91 Å². The number of carboxylic acid groups (broad SMARTS) is 1. The van der Waals surface area contributed by atoms with Gasteiger partial charge in [0, 0.05) is 26.7 Å². The van der Waals surface area contributed by atoms with Crippen LogP contribution < -0.4 is 5.32 Å². The number of piperidine rings is 1. The summed E-state index contributed by atoms with van der Waals surface area (Å²) in [7, 11) is 1.64. The number of hydrogen-bond acceptors (Lipinski definition) is 4. The topological polar surface area (TPSA) is 78.9 Å². The summed E-state index contributed by atoms with van der Waals surface area (Å²) in [5.41, 5.74) is -0.812. The van der Waals surface area contributed by atoms with Crippen molar-refractivity contribution in [3.8, 4) is 0 Å². The second-order valence-electron chi connectivity index (χ2n) is 5.78. The number of hydrogen-bond donors (Lipinski definition) is 2. The molecule has 0 aromatic carbocycles. The fourth-order valence-electron chi connectivity index (χ4n) is 2.89.